The molecule has 0 saturated heterocycles. The number of nitrogens with zero attached hydrogens (tertiary/aromatic N) is 2. The molecule has 2 amide bonds. The lowest BCUT2D eigenvalue weighted by molar-refractivity contribution is -0.140. The fraction of sp³-hybridized carbons (Fsp3) is 0.310. The number of carbonyl (C=O) groups is 2. The van der Waals surface area contributed by atoms with Crippen LogP contribution >= 0.6 is 34.8 Å². The van der Waals surface area contributed by atoms with E-state index in [0.717, 1.165) is 4.31 Å². The Balaban J connectivity index is 2.07. The second kappa shape index (κ2) is 14.2. The van der Waals surface area contributed by atoms with Crippen molar-refractivity contribution < 1.29 is 18.0 Å². The number of para-hydroxylation sites is 1. The third kappa shape index (κ3) is 7.91. The molecule has 3 aromatic carbocycles. The van der Waals surface area contributed by atoms with E-state index in [0.29, 0.717) is 28.6 Å². The van der Waals surface area contributed by atoms with Crippen molar-refractivity contribution in [2.45, 2.75) is 44.7 Å². The molecule has 3 aromatic rings. The first-order valence-corrected chi connectivity index (χ1v) is 15.4. The Kier molecular flexibility index (Phi) is 11.3. The van der Waals surface area contributed by atoms with Gasteiger partial charge in [0.1, 0.15) is 12.6 Å². The minimum atomic E-state index is -4.21. The highest BCUT2D eigenvalue weighted by Gasteiger charge is 2.34. The van der Waals surface area contributed by atoms with Gasteiger partial charge in [-0.3, -0.25) is 13.9 Å². The molecule has 40 heavy (non-hydrogen) atoms. The average molecular weight is 625 g/mol. The number of amides is 2. The van der Waals surface area contributed by atoms with Crippen LogP contribution in [0.4, 0.5) is 5.69 Å². The number of halogens is 3. The highest BCUT2D eigenvalue weighted by atomic mass is 35.5. The van der Waals surface area contributed by atoms with Crippen molar-refractivity contribution in [2.75, 3.05) is 17.4 Å². The van der Waals surface area contributed by atoms with Crippen LogP contribution in [0, 0.1) is 5.92 Å². The molecule has 0 heterocycles. The zero-order chi connectivity index (χ0) is 29.4. The predicted octanol–water partition coefficient (Wildman–Crippen LogP) is 6.42. The van der Waals surface area contributed by atoms with E-state index in [1.54, 1.807) is 61.5 Å². The van der Waals surface area contributed by atoms with Gasteiger partial charge in [-0.1, -0.05) is 92.0 Å². The van der Waals surface area contributed by atoms with Crippen molar-refractivity contribution >= 4 is 62.3 Å². The first-order chi connectivity index (χ1) is 18.9. The van der Waals surface area contributed by atoms with E-state index in [4.69, 9.17) is 34.8 Å². The summed E-state index contributed by atoms with van der Waals surface area (Å²) >= 11 is 18.9. The lowest BCUT2D eigenvalue weighted by Gasteiger charge is -2.33. The van der Waals surface area contributed by atoms with E-state index in [9.17, 15) is 18.0 Å². The fourth-order valence-electron chi connectivity index (χ4n) is 4.06. The summed E-state index contributed by atoms with van der Waals surface area (Å²) in [5.41, 5.74) is 0.702. The molecule has 0 spiro atoms. The lowest BCUT2D eigenvalue weighted by atomic mass is 10.1. The molecule has 0 aliphatic rings. The number of sulfonamides is 1. The van der Waals surface area contributed by atoms with Gasteiger partial charge in [0.2, 0.25) is 11.8 Å². The molecule has 1 atom stereocenters. The van der Waals surface area contributed by atoms with Gasteiger partial charge < -0.3 is 10.2 Å². The van der Waals surface area contributed by atoms with Crippen LogP contribution in [0.1, 0.15) is 32.8 Å². The number of hydrogen-bond donors (Lipinski definition) is 1. The SMILES string of the molecule is CC[C@H](C(=O)NCC(C)C)N(Cc1ccc(Cl)cc1Cl)C(=O)CN(c1ccccc1Cl)S(=O)(=O)c1ccccc1. The van der Waals surface area contributed by atoms with E-state index in [-0.39, 0.29) is 34.0 Å². The number of carbonyl (C=O) groups excluding carboxylic acids is 2. The van der Waals surface area contributed by atoms with Crippen molar-refractivity contribution in [3.05, 3.63) is 93.4 Å². The Bertz CT molecular complexity index is 1440. The number of benzene rings is 3. The van der Waals surface area contributed by atoms with E-state index in [2.05, 4.69) is 5.32 Å². The van der Waals surface area contributed by atoms with Crippen LogP contribution in [-0.2, 0) is 26.2 Å². The van der Waals surface area contributed by atoms with Crippen LogP contribution in [0.15, 0.2) is 77.7 Å². The van der Waals surface area contributed by atoms with E-state index >= 15 is 0 Å². The van der Waals surface area contributed by atoms with Crippen LogP contribution < -0.4 is 9.62 Å². The van der Waals surface area contributed by atoms with E-state index < -0.39 is 28.5 Å². The van der Waals surface area contributed by atoms with Crippen molar-refractivity contribution in [2.24, 2.45) is 5.92 Å². The Morgan fingerprint density at radius 3 is 2.15 bits per heavy atom. The van der Waals surface area contributed by atoms with Crippen LogP contribution in [0.25, 0.3) is 0 Å². The van der Waals surface area contributed by atoms with Gasteiger partial charge in [-0.2, -0.15) is 0 Å². The van der Waals surface area contributed by atoms with Crippen molar-refractivity contribution in [3.8, 4) is 0 Å². The average Bonchev–Trinajstić information content (AvgIpc) is 2.92. The van der Waals surface area contributed by atoms with Crippen molar-refractivity contribution in [1.82, 2.24) is 10.2 Å². The molecule has 0 aliphatic carbocycles. The lowest BCUT2D eigenvalue weighted by Crippen LogP contribution is -2.52. The van der Waals surface area contributed by atoms with E-state index in [1.807, 2.05) is 13.8 Å². The number of hydrogen-bond acceptors (Lipinski definition) is 4. The third-order valence-electron chi connectivity index (χ3n) is 6.16. The summed E-state index contributed by atoms with van der Waals surface area (Å²) in [6.45, 7) is 5.51. The maximum Gasteiger partial charge on any atom is 0.264 e. The first-order valence-electron chi connectivity index (χ1n) is 12.8. The van der Waals surface area contributed by atoms with Crippen LogP contribution in [-0.4, -0.2) is 44.3 Å². The highest BCUT2D eigenvalue weighted by Crippen LogP contribution is 2.31. The Hall–Kier alpha value is -2.78. The standard InChI is InChI=1S/C29H32Cl3N3O4S/c1-4-26(29(37)33-17-20(2)3)34(18-21-14-15-22(30)16-25(21)32)28(36)19-35(27-13-9-8-12-24(27)31)40(38,39)23-10-6-5-7-11-23/h5-16,20,26H,4,17-19H2,1-3H3,(H,33,37)/t26-/m1/s1. The Labute approximate surface area is 251 Å². The molecule has 214 valence electrons. The number of rotatable bonds is 12. The molecule has 0 radical (unpaired) electrons. The smallest absolute Gasteiger partial charge is 0.264 e. The van der Waals surface area contributed by atoms with Gasteiger partial charge in [0.25, 0.3) is 10.0 Å². The predicted molar refractivity (Wildman–Crippen MR) is 161 cm³/mol. The summed E-state index contributed by atoms with van der Waals surface area (Å²) in [6, 6.07) is 18.2. The maximum atomic E-state index is 14.1. The summed E-state index contributed by atoms with van der Waals surface area (Å²) in [5, 5.41) is 3.79. The van der Waals surface area contributed by atoms with Gasteiger partial charge in [-0.25, -0.2) is 8.42 Å². The van der Waals surface area contributed by atoms with Gasteiger partial charge in [-0.05, 0) is 54.3 Å². The van der Waals surface area contributed by atoms with Crippen molar-refractivity contribution in [3.63, 3.8) is 0 Å². The van der Waals surface area contributed by atoms with Crippen LogP contribution in [0.3, 0.4) is 0 Å². The zero-order valence-corrected chi connectivity index (χ0v) is 25.6. The van der Waals surface area contributed by atoms with Gasteiger partial charge in [0.15, 0.2) is 0 Å². The molecule has 0 bridgehead atoms. The summed E-state index contributed by atoms with van der Waals surface area (Å²) in [6.07, 6.45) is 0.290. The van der Waals surface area contributed by atoms with Gasteiger partial charge >= 0.3 is 0 Å². The van der Waals surface area contributed by atoms with Crippen molar-refractivity contribution in [1.29, 1.82) is 0 Å². The quantitative estimate of drug-likeness (QED) is 0.252. The van der Waals surface area contributed by atoms with Gasteiger partial charge in [0, 0.05) is 23.1 Å². The Morgan fingerprint density at radius 1 is 0.900 bits per heavy atom. The minimum absolute atomic E-state index is 0.00302. The molecule has 11 heteroatoms. The first kappa shape index (κ1) is 31.7. The fourth-order valence-corrected chi connectivity index (χ4v) is 6.27. The molecule has 3 rings (SSSR count). The third-order valence-corrected chi connectivity index (χ3v) is 8.84. The zero-order valence-electron chi connectivity index (χ0n) is 22.5. The highest BCUT2D eigenvalue weighted by molar-refractivity contribution is 7.92. The normalized spacial score (nSPS) is 12.2. The molecular formula is C29H32Cl3N3O4S. The minimum Gasteiger partial charge on any atom is -0.354 e. The largest absolute Gasteiger partial charge is 0.354 e. The molecule has 0 aromatic heterocycles. The number of nitrogens with one attached hydrogen (secondary N) is 1. The molecule has 0 unspecified atom stereocenters. The summed E-state index contributed by atoms with van der Waals surface area (Å²) in [7, 11) is -4.21. The molecule has 0 aliphatic heterocycles. The topological polar surface area (TPSA) is 86.8 Å². The molecule has 0 saturated carbocycles. The molecule has 7 nitrogen and oxygen atoms in total. The van der Waals surface area contributed by atoms with Crippen LogP contribution in [0.5, 0.6) is 0 Å². The maximum absolute atomic E-state index is 14.1. The summed E-state index contributed by atoms with van der Waals surface area (Å²) in [4.78, 5) is 28.7. The second-order valence-corrected chi connectivity index (χ2v) is 12.7. The van der Waals surface area contributed by atoms with Gasteiger partial charge in [0.05, 0.1) is 15.6 Å². The summed E-state index contributed by atoms with van der Waals surface area (Å²) < 4.78 is 28.6. The van der Waals surface area contributed by atoms with Gasteiger partial charge in [-0.15, -0.1) is 0 Å². The van der Waals surface area contributed by atoms with E-state index in [1.165, 1.54) is 23.1 Å². The second-order valence-electron chi connectivity index (χ2n) is 9.60. The molecule has 0 fully saturated rings. The Morgan fingerprint density at radius 2 is 1.55 bits per heavy atom. The number of anilines is 1. The van der Waals surface area contributed by atoms with Crippen LogP contribution in [0.2, 0.25) is 15.1 Å². The monoisotopic (exact) mass is 623 g/mol. The molecule has 1 N–H and O–H groups in total. The molecular weight excluding hydrogens is 593 g/mol. The summed E-state index contributed by atoms with van der Waals surface area (Å²) in [5.74, 6) is -0.745.